The molecule has 0 amide bonds. The summed E-state index contributed by atoms with van der Waals surface area (Å²) in [5.41, 5.74) is 5.34. The minimum atomic E-state index is -0.389. The molecule has 0 radical (unpaired) electrons. The summed E-state index contributed by atoms with van der Waals surface area (Å²) in [6.07, 6.45) is 6.34. The van der Waals surface area contributed by atoms with Crippen LogP contribution in [0.1, 0.15) is 29.0 Å². The SMILES string of the molecule is Cc1cc(N=Cc2c(O)[nH]c3cccc(F)c23)ccc1N1CCC(c2ccncc2)C1. The standard InChI is InChI=1S/C25H23FN4O/c1-16-13-19(28-14-20-24-21(26)3-2-4-22(24)29-25(20)31)5-6-23(16)30-12-9-18(15-30)17-7-10-27-11-8-17/h2-8,10-11,13-14,18,29,31H,9,12,15H2,1H3. The van der Waals surface area contributed by atoms with Crippen LogP contribution in [0.15, 0.2) is 65.9 Å². The van der Waals surface area contributed by atoms with E-state index in [4.69, 9.17) is 0 Å². The van der Waals surface area contributed by atoms with E-state index in [1.54, 1.807) is 12.1 Å². The summed E-state index contributed by atoms with van der Waals surface area (Å²) in [6.45, 7) is 4.08. The van der Waals surface area contributed by atoms with Crippen LogP contribution in [-0.4, -0.2) is 34.4 Å². The van der Waals surface area contributed by atoms with Gasteiger partial charge in [0.15, 0.2) is 5.88 Å². The molecule has 2 aromatic carbocycles. The molecule has 5 rings (SSSR count). The Balaban J connectivity index is 1.37. The number of aromatic nitrogens is 2. The maximum atomic E-state index is 14.2. The predicted molar refractivity (Wildman–Crippen MR) is 122 cm³/mol. The Morgan fingerprint density at radius 3 is 2.84 bits per heavy atom. The molecule has 0 aliphatic carbocycles. The van der Waals surface area contributed by atoms with E-state index in [1.807, 2.05) is 24.5 Å². The number of aromatic amines is 1. The summed E-state index contributed by atoms with van der Waals surface area (Å²) in [5, 5.41) is 10.5. The van der Waals surface area contributed by atoms with Crippen LogP contribution in [0.25, 0.3) is 10.9 Å². The van der Waals surface area contributed by atoms with Crippen molar-refractivity contribution >= 4 is 28.5 Å². The third kappa shape index (κ3) is 3.65. The number of rotatable bonds is 4. The Labute approximate surface area is 179 Å². The summed E-state index contributed by atoms with van der Waals surface area (Å²) in [5.74, 6) is 0.0380. The molecule has 2 aromatic heterocycles. The summed E-state index contributed by atoms with van der Waals surface area (Å²) in [7, 11) is 0. The summed E-state index contributed by atoms with van der Waals surface area (Å²) >= 11 is 0. The first-order valence-corrected chi connectivity index (χ1v) is 10.4. The molecule has 6 heteroatoms. The quantitative estimate of drug-likeness (QED) is 0.436. The lowest BCUT2D eigenvalue weighted by Crippen LogP contribution is -2.20. The third-order valence-corrected chi connectivity index (χ3v) is 6.02. The van der Waals surface area contributed by atoms with Gasteiger partial charge in [-0.25, -0.2) is 4.39 Å². The van der Waals surface area contributed by atoms with E-state index in [-0.39, 0.29) is 11.7 Å². The van der Waals surface area contributed by atoms with Crippen molar-refractivity contribution in [2.24, 2.45) is 4.99 Å². The number of H-pyrrole nitrogens is 1. The molecule has 4 aromatic rings. The second-order valence-electron chi connectivity index (χ2n) is 7.99. The Kier molecular flexibility index (Phi) is 4.90. The number of pyridine rings is 1. The number of fused-ring (bicyclic) bond motifs is 1. The molecular formula is C25H23FN4O. The van der Waals surface area contributed by atoms with Gasteiger partial charge in [0.2, 0.25) is 0 Å². The first-order valence-electron chi connectivity index (χ1n) is 10.4. The molecule has 1 atom stereocenters. The molecule has 0 spiro atoms. The van der Waals surface area contributed by atoms with Crippen LogP contribution in [0.2, 0.25) is 0 Å². The van der Waals surface area contributed by atoms with Gasteiger partial charge in [0.1, 0.15) is 5.82 Å². The second-order valence-corrected chi connectivity index (χ2v) is 7.99. The van der Waals surface area contributed by atoms with E-state index in [0.717, 1.165) is 30.8 Å². The number of aromatic hydroxyl groups is 1. The molecule has 1 fully saturated rings. The second kappa shape index (κ2) is 7.87. The lowest BCUT2D eigenvalue weighted by molar-refractivity contribution is 0.457. The van der Waals surface area contributed by atoms with Crippen molar-refractivity contribution in [3.8, 4) is 5.88 Å². The highest BCUT2D eigenvalue weighted by atomic mass is 19.1. The Hall–Kier alpha value is -3.67. The highest BCUT2D eigenvalue weighted by Gasteiger charge is 2.24. The van der Waals surface area contributed by atoms with Crippen LogP contribution in [0.4, 0.5) is 15.8 Å². The molecule has 1 saturated heterocycles. The van der Waals surface area contributed by atoms with Gasteiger partial charge in [-0.15, -0.1) is 0 Å². The molecular weight excluding hydrogens is 391 g/mol. The number of halogens is 1. The number of aliphatic imine (C=N–C) groups is 1. The Morgan fingerprint density at radius 1 is 1.19 bits per heavy atom. The average Bonchev–Trinajstić information content (AvgIpc) is 3.38. The van der Waals surface area contributed by atoms with Gasteiger partial charge in [0.25, 0.3) is 0 Å². The van der Waals surface area contributed by atoms with Crippen LogP contribution >= 0.6 is 0 Å². The molecule has 31 heavy (non-hydrogen) atoms. The van der Waals surface area contributed by atoms with E-state index in [2.05, 4.69) is 45.0 Å². The zero-order valence-corrected chi connectivity index (χ0v) is 17.2. The highest BCUT2D eigenvalue weighted by molar-refractivity contribution is 6.02. The van der Waals surface area contributed by atoms with E-state index in [9.17, 15) is 9.50 Å². The lowest BCUT2D eigenvalue weighted by atomic mass is 10.00. The van der Waals surface area contributed by atoms with Crippen LogP contribution < -0.4 is 4.90 Å². The van der Waals surface area contributed by atoms with Crippen molar-refractivity contribution in [2.75, 3.05) is 18.0 Å². The van der Waals surface area contributed by atoms with Gasteiger partial charge in [-0.1, -0.05) is 6.07 Å². The van der Waals surface area contributed by atoms with Gasteiger partial charge in [0, 0.05) is 48.7 Å². The molecule has 0 saturated carbocycles. The van der Waals surface area contributed by atoms with E-state index in [1.165, 1.54) is 23.5 Å². The molecule has 1 unspecified atom stereocenters. The fourth-order valence-corrected chi connectivity index (χ4v) is 4.44. The molecule has 0 bridgehead atoms. The number of aryl methyl sites for hydroxylation is 1. The average molecular weight is 414 g/mol. The van der Waals surface area contributed by atoms with Crippen LogP contribution in [0.5, 0.6) is 5.88 Å². The van der Waals surface area contributed by atoms with Crippen LogP contribution in [0, 0.1) is 12.7 Å². The van der Waals surface area contributed by atoms with Crippen molar-refractivity contribution in [3.63, 3.8) is 0 Å². The van der Waals surface area contributed by atoms with Gasteiger partial charge < -0.3 is 15.0 Å². The van der Waals surface area contributed by atoms with E-state index >= 15 is 0 Å². The van der Waals surface area contributed by atoms with Gasteiger partial charge in [-0.2, -0.15) is 0 Å². The summed E-state index contributed by atoms with van der Waals surface area (Å²) in [4.78, 5) is 13.8. The van der Waals surface area contributed by atoms with Crippen molar-refractivity contribution in [3.05, 3.63) is 83.4 Å². The monoisotopic (exact) mass is 414 g/mol. The van der Waals surface area contributed by atoms with Crippen molar-refractivity contribution in [2.45, 2.75) is 19.3 Å². The number of hydrogen-bond acceptors (Lipinski definition) is 4. The fourth-order valence-electron chi connectivity index (χ4n) is 4.44. The zero-order chi connectivity index (χ0) is 21.4. The predicted octanol–water partition coefficient (Wildman–Crippen LogP) is 5.46. The van der Waals surface area contributed by atoms with Crippen LogP contribution in [0.3, 0.4) is 0 Å². The smallest absolute Gasteiger partial charge is 0.198 e. The molecule has 1 aliphatic heterocycles. The third-order valence-electron chi connectivity index (χ3n) is 6.02. The molecule has 156 valence electrons. The van der Waals surface area contributed by atoms with Gasteiger partial charge in [0.05, 0.1) is 16.8 Å². The first-order chi connectivity index (χ1) is 15.1. The number of benzene rings is 2. The fraction of sp³-hybridized carbons (Fsp3) is 0.200. The summed E-state index contributed by atoms with van der Waals surface area (Å²) < 4.78 is 14.2. The normalized spacial score (nSPS) is 16.6. The maximum Gasteiger partial charge on any atom is 0.198 e. The number of anilines is 1. The molecule has 2 N–H and O–H groups in total. The number of nitrogens with zero attached hydrogens (tertiary/aromatic N) is 3. The number of nitrogens with one attached hydrogen (secondary N) is 1. The van der Waals surface area contributed by atoms with Crippen molar-refractivity contribution < 1.29 is 9.50 Å². The maximum absolute atomic E-state index is 14.2. The van der Waals surface area contributed by atoms with Gasteiger partial charge in [-0.05, 0) is 66.9 Å². The van der Waals surface area contributed by atoms with Crippen molar-refractivity contribution in [1.29, 1.82) is 0 Å². The van der Waals surface area contributed by atoms with Gasteiger partial charge in [-0.3, -0.25) is 9.98 Å². The van der Waals surface area contributed by atoms with E-state index < -0.39 is 0 Å². The zero-order valence-electron chi connectivity index (χ0n) is 17.2. The van der Waals surface area contributed by atoms with Crippen molar-refractivity contribution in [1.82, 2.24) is 9.97 Å². The minimum Gasteiger partial charge on any atom is -0.494 e. The van der Waals surface area contributed by atoms with Gasteiger partial charge >= 0.3 is 0 Å². The molecule has 5 nitrogen and oxygen atoms in total. The Morgan fingerprint density at radius 2 is 2.03 bits per heavy atom. The first kappa shape index (κ1) is 19.3. The molecule has 3 heterocycles. The van der Waals surface area contributed by atoms with Crippen LogP contribution in [-0.2, 0) is 0 Å². The number of hydrogen-bond donors (Lipinski definition) is 2. The lowest BCUT2D eigenvalue weighted by Gasteiger charge is -2.21. The summed E-state index contributed by atoms with van der Waals surface area (Å²) in [6, 6.07) is 15.0. The largest absolute Gasteiger partial charge is 0.494 e. The Bertz CT molecular complexity index is 1270. The topological polar surface area (TPSA) is 64.5 Å². The molecule has 1 aliphatic rings. The minimum absolute atomic E-state index is 0.0867. The van der Waals surface area contributed by atoms with E-state index in [0.29, 0.717) is 22.4 Å². The highest BCUT2D eigenvalue weighted by Crippen LogP contribution is 2.34.